The Balaban J connectivity index is 1.35. The number of benzene rings is 3. The largest absolute Gasteiger partial charge is 0.493 e. The number of hydrogen-bond acceptors (Lipinski definition) is 7. The van der Waals surface area contributed by atoms with Gasteiger partial charge in [-0.25, -0.2) is 5.43 Å². The summed E-state index contributed by atoms with van der Waals surface area (Å²) in [6.45, 7) is 0.475. The van der Waals surface area contributed by atoms with Gasteiger partial charge in [0, 0.05) is 12.1 Å². The fourth-order valence-electron chi connectivity index (χ4n) is 3.26. The Labute approximate surface area is 216 Å². The van der Waals surface area contributed by atoms with Gasteiger partial charge in [0.05, 0.1) is 23.4 Å². The van der Waals surface area contributed by atoms with Crippen LogP contribution in [0.25, 0.3) is 0 Å². The summed E-state index contributed by atoms with van der Waals surface area (Å²) in [6, 6.07) is 15.6. The molecule has 0 unspecified atom stereocenters. The van der Waals surface area contributed by atoms with Gasteiger partial charge in [0.25, 0.3) is 0 Å². The van der Waals surface area contributed by atoms with Crippen LogP contribution in [0.1, 0.15) is 16.7 Å². The van der Waals surface area contributed by atoms with Gasteiger partial charge in [-0.3, -0.25) is 9.59 Å². The van der Waals surface area contributed by atoms with E-state index in [1.165, 1.54) is 13.3 Å². The Morgan fingerprint density at radius 2 is 1.81 bits per heavy atom. The lowest BCUT2D eigenvalue weighted by atomic mass is 10.2. The van der Waals surface area contributed by atoms with Crippen LogP contribution in [0.2, 0.25) is 10.0 Å². The van der Waals surface area contributed by atoms with Crippen molar-refractivity contribution in [1.82, 2.24) is 10.7 Å². The molecule has 3 aromatic rings. The van der Waals surface area contributed by atoms with Crippen molar-refractivity contribution in [2.24, 2.45) is 5.10 Å². The van der Waals surface area contributed by atoms with E-state index in [0.29, 0.717) is 38.6 Å². The molecule has 186 valence electrons. The van der Waals surface area contributed by atoms with E-state index in [0.717, 1.165) is 11.1 Å². The maximum absolute atomic E-state index is 12.2. The quantitative estimate of drug-likeness (QED) is 0.258. The molecule has 0 spiro atoms. The highest BCUT2D eigenvalue weighted by molar-refractivity contribution is 6.42. The third kappa shape index (κ3) is 6.18. The van der Waals surface area contributed by atoms with Crippen LogP contribution in [0.15, 0.2) is 59.7 Å². The van der Waals surface area contributed by atoms with E-state index in [-0.39, 0.29) is 19.9 Å². The smallest absolute Gasteiger partial charge is 0.329 e. The first-order chi connectivity index (χ1) is 17.4. The molecule has 3 aromatic carbocycles. The lowest BCUT2D eigenvalue weighted by Crippen LogP contribution is -2.37. The number of amides is 2. The number of hydrazone groups is 1. The number of methoxy groups -OCH3 is 1. The van der Waals surface area contributed by atoms with Crippen LogP contribution in [-0.2, 0) is 22.7 Å². The van der Waals surface area contributed by atoms with E-state index in [1.54, 1.807) is 54.6 Å². The molecule has 0 saturated carbocycles. The first-order valence-corrected chi connectivity index (χ1v) is 11.4. The molecule has 4 rings (SSSR count). The van der Waals surface area contributed by atoms with Crippen LogP contribution in [0, 0.1) is 0 Å². The number of carbonyl (C=O) groups is 2. The van der Waals surface area contributed by atoms with Crippen molar-refractivity contribution in [2.45, 2.75) is 13.2 Å². The van der Waals surface area contributed by atoms with Crippen molar-refractivity contribution in [3.05, 3.63) is 81.3 Å². The highest BCUT2D eigenvalue weighted by atomic mass is 35.5. The van der Waals surface area contributed by atoms with Crippen molar-refractivity contribution in [2.75, 3.05) is 13.9 Å². The zero-order valence-corrected chi connectivity index (χ0v) is 20.6. The summed E-state index contributed by atoms with van der Waals surface area (Å²) < 4.78 is 21.9. The summed E-state index contributed by atoms with van der Waals surface area (Å²) in [5.41, 5.74) is 4.28. The van der Waals surface area contributed by atoms with Crippen molar-refractivity contribution < 1.29 is 28.5 Å². The summed E-state index contributed by atoms with van der Waals surface area (Å²) in [6.07, 6.45) is 1.36. The zero-order valence-electron chi connectivity index (χ0n) is 19.0. The molecular weight excluding hydrogens is 509 g/mol. The standard InChI is InChI=1S/C25H21Cl2N3O6/c1-33-21-4-2-3-17(23(21)34-13-16-5-7-18(26)19(27)9-16)12-29-30-25(32)24(31)28-11-15-6-8-20-22(10-15)36-14-35-20/h2-10,12H,11,13-14H2,1H3,(H,28,31)(H,30,32)/b29-12-. The topological polar surface area (TPSA) is 107 Å². The molecule has 0 saturated heterocycles. The molecule has 0 bridgehead atoms. The van der Waals surface area contributed by atoms with Crippen molar-refractivity contribution >= 4 is 41.2 Å². The number of carbonyl (C=O) groups excluding carboxylic acids is 2. The lowest BCUT2D eigenvalue weighted by Gasteiger charge is -2.13. The maximum atomic E-state index is 12.2. The minimum absolute atomic E-state index is 0.134. The molecule has 0 fully saturated rings. The van der Waals surface area contributed by atoms with Crippen LogP contribution in [0.5, 0.6) is 23.0 Å². The van der Waals surface area contributed by atoms with Gasteiger partial charge in [-0.1, -0.05) is 41.4 Å². The number of para-hydroxylation sites is 1. The van der Waals surface area contributed by atoms with E-state index >= 15 is 0 Å². The normalized spacial score (nSPS) is 11.9. The van der Waals surface area contributed by atoms with Gasteiger partial charge in [-0.15, -0.1) is 0 Å². The van der Waals surface area contributed by atoms with Crippen molar-refractivity contribution in [1.29, 1.82) is 0 Å². The number of rotatable bonds is 8. The molecule has 11 heteroatoms. The Kier molecular flexibility index (Phi) is 8.14. The Bertz CT molecular complexity index is 1310. The maximum Gasteiger partial charge on any atom is 0.329 e. The molecule has 1 aliphatic rings. The fraction of sp³-hybridized carbons (Fsp3) is 0.160. The third-order valence-corrected chi connectivity index (χ3v) is 5.80. The number of fused-ring (bicyclic) bond motifs is 1. The second kappa shape index (κ2) is 11.7. The van der Waals surface area contributed by atoms with Crippen LogP contribution >= 0.6 is 23.2 Å². The number of nitrogens with one attached hydrogen (secondary N) is 2. The Hall–Kier alpha value is -3.95. The van der Waals surface area contributed by atoms with Gasteiger partial charge in [0.15, 0.2) is 23.0 Å². The van der Waals surface area contributed by atoms with Gasteiger partial charge < -0.3 is 24.3 Å². The van der Waals surface area contributed by atoms with Crippen LogP contribution in [-0.4, -0.2) is 31.9 Å². The zero-order chi connectivity index (χ0) is 25.5. The van der Waals surface area contributed by atoms with E-state index in [9.17, 15) is 9.59 Å². The van der Waals surface area contributed by atoms with E-state index in [4.69, 9.17) is 42.1 Å². The van der Waals surface area contributed by atoms with Crippen molar-refractivity contribution in [3.63, 3.8) is 0 Å². The highest BCUT2D eigenvalue weighted by Crippen LogP contribution is 2.33. The summed E-state index contributed by atoms with van der Waals surface area (Å²) in [4.78, 5) is 24.3. The number of halogens is 2. The summed E-state index contributed by atoms with van der Waals surface area (Å²) >= 11 is 12.0. The number of nitrogens with zero attached hydrogens (tertiary/aromatic N) is 1. The minimum Gasteiger partial charge on any atom is -0.493 e. The summed E-state index contributed by atoms with van der Waals surface area (Å²) in [7, 11) is 1.51. The van der Waals surface area contributed by atoms with E-state index < -0.39 is 11.8 Å². The van der Waals surface area contributed by atoms with E-state index in [2.05, 4.69) is 15.8 Å². The molecular formula is C25H21Cl2N3O6. The third-order valence-electron chi connectivity index (χ3n) is 5.06. The minimum atomic E-state index is -0.923. The van der Waals surface area contributed by atoms with Crippen LogP contribution in [0.3, 0.4) is 0 Å². The molecule has 0 atom stereocenters. The molecule has 9 nitrogen and oxygen atoms in total. The first kappa shape index (κ1) is 25.2. The molecule has 1 heterocycles. The number of hydrogen-bond donors (Lipinski definition) is 2. The van der Waals surface area contributed by atoms with Crippen molar-refractivity contribution in [3.8, 4) is 23.0 Å². The first-order valence-electron chi connectivity index (χ1n) is 10.7. The molecule has 1 aliphatic heterocycles. The average molecular weight is 530 g/mol. The number of ether oxygens (including phenoxy) is 4. The average Bonchev–Trinajstić information content (AvgIpc) is 3.36. The van der Waals surface area contributed by atoms with Crippen LogP contribution in [0.4, 0.5) is 0 Å². The predicted octanol–water partition coefficient (Wildman–Crippen LogP) is 4.08. The molecule has 0 radical (unpaired) electrons. The molecule has 0 aromatic heterocycles. The second-order valence-corrected chi connectivity index (χ2v) is 8.30. The van der Waals surface area contributed by atoms with Gasteiger partial charge in [0.1, 0.15) is 6.61 Å². The molecule has 2 N–H and O–H groups in total. The highest BCUT2D eigenvalue weighted by Gasteiger charge is 2.16. The summed E-state index contributed by atoms with van der Waals surface area (Å²) in [5.74, 6) is 0.323. The van der Waals surface area contributed by atoms with Gasteiger partial charge >= 0.3 is 11.8 Å². The summed E-state index contributed by atoms with van der Waals surface area (Å²) in [5, 5.41) is 7.28. The molecule has 0 aliphatic carbocycles. The molecule has 2 amide bonds. The fourth-order valence-corrected chi connectivity index (χ4v) is 3.58. The van der Waals surface area contributed by atoms with Gasteiger partial charge in [0.2, 0.25) is 6.79 Å². The van der Waals surface area contributed by atoms with Gasteiger partial charge in [-0.2, -0.15) is 5.10 Å². The predicted molar refractivity (Wildman–Crippen MR) is 134 cm³/mol. The van der Waals surface area contributed by atoms with E-state index in [1.807, 2.05) is 0 Å². The van der Waals surface area contributed by atoms with Gasteiger partial charge in [-0.05, 0) is 47.5 Å². The lowest BCUT2D eigenvalue weighted by molar-refractivity contribution is -0.139. The Morgan fingerprint density at radius 1 is 1.00 bits per heavy atom. The SMILES string of the molecule is COc1cccc(/C=N\NC(=O)C(=O)NCc2ccc3c(c2)OCO3)c1OCc1ccc(Cl)c(Cl)c1. The Morgan fingerprint density at radius 3 is 2.61 bits per heavy atom. The van der Waals surface area contributed by atoms with Crippen LogP contribution < -0.4 is 29.7 Å². The monoisotopic (exact) mass is 529 g/mol. The molecule has 36 heavy (non-hydrogen) atoms. The second-order valence-electron chi connectivity index (χ2n) is 7.49.